The SMILES string of the molecule is CCc1nn2c(-c3c(OC)cc(COCCN4CCOCC4)cc3OC)cccc2c1N(CC1CCOCC1)CC1CC1. The van der Waals surface area contributed by atoms with Gasteiger partial charge in [-0.15, -0.1) is 0 Å². The number of benzene rings is 1. The van der Waals surface area contributed by atoms with E-state index in [1.165, 1.54) is 18.5 Å². The molecule has 0 bridgehead atoms. The van der Waals surface area contributed by atoms with Crippen LogP contribution < -0.4 is 14.4 Å². The van der Waals surface area contributed by atoms with Crippen LogP contribution in [0.4, 0.5) is 5.69 Å². The van der Waals surface area contributed by atoms with Gasteiger partial charge < -0.3 is 28.6 Å². The van der Waals surface area contributed by atoms with E-state index >= 15 is 0 Å². The van der Waals surface area contributed by atoms with Crippen LogP contribution in [0.25, 0.3) is 16.8 Å². The Kier molecular flexibility index (Phi) is 10.0. The second-order valence-corrected chi connectivity index (χ2v) is 12.1. The van der Waals surface area contributed by atoms with Crippen molar-refractivity contribution < 1.29 is 23.7 Å². The topological polar surface area (TPSA) is 69.9 Å². The maximum absolute atomic E-state index is 6.07. The van der Waals surface area contributed by atoms with Gasteiger partial charge in [-0.2, -0.15) is 5.10 Å². The molecule has 3 aromatic rings. The third-order valence-electron chi connectivity index (χ3n) is 9.09. The lowest BCUT2D eigenvalue weighted by atomic mass is 9.99. The van der Waals surface area contributed by atoms with Crippen LogP contribution in [0, 0.1) is 11.8 Å². The minimum absolute atomic E-state index is 0.496. The highest BCUT2D eigenvalue weighted by Gasteiger charge is 2.30. The van der Waals surface area contributed by atoms with E-state index in [-0.39, 0.29) is 0 Å². The van der Waals surface area contributed by atoms with E-state index in [2.05, 4.69) is 51.6 Å². The van der Waals surface area contributed by atoms with Crippen molar-refractivity contribution in [3.8, 4) is 22.8 Å². The van der Waals surface area contributed by atoms with Crippen molar-refractivity contribution in [1.29, 1.82) is 0 Å². The van der Waals surface area contributed by atoms with Crippen molar-refractivity contribution in [3.05, 3.63) is 41.6 Å². The number of morpholine rings is 1. The Hall–Kier alpha value is -2.85. The summed E-state index contributed by atoms with van der Waals surface area (Å²) in [6, 6.07) is 10.6. The van der Waals surface area contributed by atoms with Gasteiger partial charge in [0.05, 0.1) is 68.8 Å². The number of methoxy groups -OCH3 is 2. The van der Waals surface area contributed by atoms with Crippen molar-refractivity contribution >= 4 is 11.2 Å². The summed E-state index contributed by atoms with van der Waals surface area (Å²) >= 11 is 0. The fraction of sp³-hybridized carbons (Fsp3) is 0.618. The van der Waals surface area contributed by atoms with Crippen molar-refractivity contribution in [3.63, 3.8) is 0 Å². The third kappa shape index (κ3) is 7.11. The average Bonchev–Trinajstić information content (AvgIpc) is 3.79. The Morgan fingerprint density at radius 3 is 2.23 bits per heavy atom. The first-order chi connectivity index (χ1) is 21.2. The minimum Gasteiger partial charge on any atom is -0.496 e. The fourth-order valence-corrected chi connectivity index (χ4v) is 6.50. The summed E-state index contributed by atoms with van der Waals surface area (Å²) in [7, 11) is 3.44. The molecule has 1 aliphatic carbocycles. The number of hydrogen-bond donors (Lipinski definition) is 0. The molecule has 9 nitrogen and oxygen atoms in total. The molecule has 1 aromatic carbocycles. The smallest absolute Gasteiger partial charge is 0.132 e. The first-order valence-electron chi connectivity index (χ1n) is 16.1. The number of hydrogen-bond acceptors (Lipinski definition) is 8. The largest absolute Gasteiger partial charge is 0.496 e. The van der Waals surface area contributed by atoms with Gasteiger partial charge in [0.2, 0.25) is 0 Å². The molecule has 3 aliphatic rings. The maximum atomic E-state index is 6.07. The van der Waals surface area contributed by atoms with E-state index in [0.29, 0.717) is 19.1 Å². The van der Waals surface area contributed by atoms with E-state index in [4.69, 9.17) is 28.8 Å². The molecular weight excluding hydrogens is 544 g/mol. The molecule has 0 atom stereocenters. The third-order valence-corrected chi connectivity index (χ3v) is 9.09. The molecule has 0 N–H and O–H groups in total. The summed E-state index contributed by atoms with van der Waals surface area (Å²) in [4.78, 5) is 5.02. The van der Waals surface area contributed by atoms with Crippen LogP contribution in [0.1, 0.15) is 43.9 Å². The normalized spacial score (nSPS) is 18.3. The average molecular weight is 593 g/mol. The van der Waals surface area contributed by atoms with E-state index < -0.39 is 0 Å². The summed E-state index contributed by atoms with van der Waals surface area (Å²) < 4.78 is 31.3. The lowest BCUT2D eigenvalue weighted by Crippen LogP contribution is -2.38. The number of aromatic nitrogens is 2. The van der Waals surface area contributed by atoms with Crippen LogP contribution in [0.2, 0.25) is 0 Å². The molecule has 43 heavy (non-hydrogen) atoms. The van der Waals surface area contributed by atoms with Crippen LogP contribution in [0.5, 0.6) is 11.5 Å². The summed E-state index contributed by atoms with van der Waals surface area (Å²) in [6.45, 7) is 11.7. The van der Waals surface area contributed by atoms with Crippen molar-refractivity contribution in [1.82, 2.24) is 14.5 Å². The molecule has 2 saturated heterocycles. The molecule has 0 unspecified atom stereocenters. The Labute approximate surface area is 256 Å². The second kappa shape index (κ2) is 14.3. The van der Waals surface area contributed by atoms with Gasteiger partial charge >= 0.3 is 0 Å². The number of ether oxygens (including phenoxy) is 5. The van der Waals surface area contributed by atoms with E-state index in [1.807, 2.05) is 0 Å². The van der Waals surface area contributed by atoms with Gasteiger partial charge in [0, 0.05) is 45.9 Å². The molecule has 0 radical (unpaired) electrons. The highest BCUT2D eigenvalue weighted by molar-refractivity contribution is 5.82. The van der Waals surface area contributed by atoms with Crippen molar-refractivity contribution in [2.24, 2.45) is 11.8 Å². The Morgan fingerprint density at radius 2 is 1.58 bits per heavy atom. The monoisotopic (exact) mass is 592 g/mol. The van der Waals surface area contributed by atoms with E-state index in [0.717, 1.165) is 124 Å². The lowest BCUT2D eigenvalue weighted by Gasteiger charge is -2.31. The molecule has 6 rings (SSSR count). The molecular formula is C34H48N4O5. The van der Waals surface area contributed by atoms with Gasteiger partial charge in [0.15, 0.2) is 0 Å². The van der Waals surface area contributed by atoms with Gasteiger partial charge in [0.1, 0.15) is 11.5 Å². The van der Waals surface area contributed by atoms with E-state index in [9.17, 15) is 0 Å². The summed E-state index contributed by atoms with van der Waals surface area (Å²) in [6.07, 6.45) is 5.79. The van der Waals surface area contributed by atoms with Gasteiger partial charge in [-0.05, 0) is 73.8 Å². The first kappa shape index (κ1) is 30.2. The number of aryl methyl sites for hydroxylation is 1. The summed E-state index contributed by atoms with van der Waals surface area (Å²) in [5.74, 6) is 2.95. The molecule has 0 spiro atoms. The quantitative estimate of drug-likeness (QED) is 0.240. The molecule has 9 heteroatoms. The zero-order chi connectivity index (χ0) is 29.6. The Balaban J connectivity index is 1.29. The van der Waals surface area contributed by atoms with Crippen LogP contribution in [-0.2, 0) is 27.2 Å². The predicted octanol–water partition coefficient (Wildman–Crippen LogP) is 5.07. The van der Waals surface area contributed by atoms with Crippen molar-refractivity contribution in [2.45, 2.75) is 45.6 Å². The summed E-state index contributed by atoms with van der Waals surface area (Å²) in [5.41, 5.74) is 6.46. The number of nitrogens with zero attached hydrogens (tertiary/aromatic N) is 4. The fourth-order valence-electron chi connectivity index (χ4n) is 6.50. The predicted molar refractivity (Wildman–Crippen MR) is 169 cm³/mol. The standard InChI is InChI=1S/C34H48N4O5/c1-4-28-34(37(22-25-8-9-25)23-26-10-15-41-16-11-26)30-7-5-6-29(38(30)35-28)33-31(39-2)20-27(21-32(33)40-3)24-43-19-14-36-12-17-42-18-13-36/h5-7,20-21,25-26H,4,8-19,22-24H2,1-3H3. The van der Waals surface area contributed by atoms with Crippen LogP contribution in [-0.4, -0.2) is 94.5 Å². The second-order valence-electron chi connectivity index (χ2n) is 12.1. The van der Waals surface area contributed by atoms with Gasteiger partial charge in [0.25, 0.3) is 0 Å². The number of rotatable bonds is 14. The number of anilines is 1. The van der Waals surface area contributed by atoms with Crippen LogP contribution in [0.3, 0.4) is 0 Å². The number of pyridine rings is 1. The molecule has 0 amide bonds. The maximum Gasteiger partial charge on any atom is 0.132 e. The Morgan fingerprint density at radius 1 is 0.907 bits per heavy atom. The molecule has 2 aliphatic heterocycles. The molecule has 234 valence electrons. The van der Waals surface area contributed by atoms with E-state index in [1.54, 1.807) is 14.2 Å². The zero-order valence-corrected chi connectivity index (χ0v) is 26.2. The number of fused-ring (bicyclic) bond motifs is 1. The first-order valence-corrected chi connectivity index (χ1v) is 16.1. The zero-order valence-electron chi connectivity index (χ0n) is 26.2. The molecule has 1 saturated carbocycles. The highest BCUT2D eigenvalue weighted by atomic mass is 16.5. The van der Waals surface area contributed by atoms with Gasteiger partial charge in [-0.1, -0.05) is 13.0 Å². The lowest BCUT2D eigenvalue weighted by molar-refractivity contribution is 0.0180. The molecule has 3 fully saturated rings. The Bertz CT molecular complexity index is 1320. The van der Waals surface area contributed by atoms with Gasteiger partial charge in [-0.3, -0.25) is 4.90 Å². The molecule has 2 aromatic heterocycles. The van der Waals surface area contributed by atoms with Crippen LogP contribution in [0.15, 0.2) is 30.3 Å². The van der Waals surface area contributed by atoms with Crippen molar-refractivity contribution in [2.75, 3.05) is 84.9 Å². The van der Waals surface area contributed by atoms with Crippen LogP contribution >= 0.6 is 0 Å². The van der Waals surface area contributed by atoms with Gasteiger partial charge in [-0.25, -0.2) is 4.52 Å². The minimum atomic E-state index is 0.496. The summed E-state index contributed by atoms with van der Waals surface area (Å²) in [5, 5.41) is 5.23. The molecule has 4 heterocycles. The highest BCUT2D eigenvalue weighted by Crippen LogP contribution is 2.42.